The molecule has 1 N–H and O–H groups in total. The Bertz CT molecular complexity index is 728. The Kier molecular flexibility index (Phi) is 4.73. The summed E-state index contributed by atoms with van der Waals surface area (Å²) >= 11 is 0. The second-order valence-electron chi connectivity index (χ2n) is 5.20. The average Bonchev–Trinajstić information content (AvgIpc) is 3.14. The Hall–Kier alpha value is -3.02. The van der Waals surface area contributed by atoms with Gasteiger partial charge in [0.05, 0.1) is 0 Å². The minimum absolute atomic E-state index is 0.106. The Morgan fingerprint density at radius 2 is 1.65 bits per heavy atom. The first-order chi connectivity index (χ1) is 11.3. The van der Waals surface area contributed by atoms with Gasteiger partial charge in [-0.25, -0.2) is 4.68 Å². The van der Waals surface area contributed by atoms with E-state index in [4.69, 9.17) is 0 Å². The van der Waals surface area contributed by atoms with Crippen LogP contribution in [0.2, 0.25) is 0 Å². The standard InChI is InChI=1S/C17H17N5O/c23-17(18-12-15-9-5-2-6-10-15)16(22-13-19-20-21-22)11-14-7-3-1-4-8-14/h1-10,13,16H,11-12H2,(H,18,23). The van der Waals surface area contributed by atoms with Crippen LogP contribution in [0.25, 0.3) is 0 Å². The lowest BCUT2D eigenvalue weighted by Gasteiger charge is -2.16. The van der Waals surface area contributed by atoms with E-state index >= 15 is 0 Å². The van der Waals surface area contributed by atoms with Crippen LogP contribution < -0.4 is 5.32 Å². The van der Waals surface area contributed by atoms with E-state index in [1.54, 1.807) is 0 Å². The van der Waals surface area contributed by atoms with E-state index in [1.807, 2.05) is 60.7 Å². The van der Waals surface area contributed by atoms with Gasteiger partial charge in [0.1, 0.15) is 12.4 Å². The van der Waals surface area contributed by atoms with Crippen molar-refractivity contribution in [2.24, 2.45) is 0 Å². The molecule has 0 aliphatic carbocycles. The van der Waals surface area contributed by atoms with Crippen LogP contribution in [0.1, 0.15) is 17.2 Å². The van der Waals surface area contributed by atoms with E-state index in [-0.39, 0.29) is 5.91 Å². The van der Waals surface area contributed by atoms with Crippen molar-refractivity contribution >= 4 is 5.91 Å². The van der Waals surface area contributed by atoms with Crippen LogP contribution in [0.5, 0.6) is 0 Å². The number of rotatable bonds is 6. The normalized spacial score (nSPS) is 11.8. The first-order valence-electron chi connectivity index (χ1n) is 7.41. The van der Waals surface area contributed by atoms with Gasteiger partial charge in [0.25, 0.3) is 0 Å². The predicted octanol–water partition coefficient (Wildman–Crippen LogP) is 1.77. The summed E-state index contributed by atoms with van der Waals surface area (Å²) in [5.41, 5.74) is 2.11. The molecule has 0 saturated heterocycles. The summed E-state index contributed by atoms with van der Waals surface area (Å²) < 4.78 is 1.49. The Morgan fingerprint density at radius 3 is 2.26 bits per heavy atom. The van der Waals surface area contributed by atoms with E-state index in [0.29, 0.717) is 13.0 Å². The van der Waals surface area contributed by atoms with Crippen LogP contribution in [-0.2, 0) is 17.8 Å². The van der Waals surface area contributed by atoms with E-state index < -0.39 is 6.04 Å². The molecule has 0 bridgehead atoms. The van der Waals surface area contributed by atoms with Gasteiger partial charge in [-0.2, -0.15) is 0 Å². The van der Waals surface area contributed by atoms with Crippen molar-refractivity contribution in [3.63, 3.8) is 0 Å². The van der Waals surface area contributed by atoms with Crippen molar-refractivity contribution in [3.05, 3.63) is 78.1 Å². The molecule has 6 nitrogen and oxygen atoms in total. The highest BCUT2D eigenvalue weighted by Crippen LogP contribution is 2.13. The first kappa shape index (κ1) is 14.9. The summed E-state index contributed by atoms with van der Waals surface area (Å²) in [4.78, 5) is 12.6. The molecule has 2 aromatic carbocycles. The zero-order valence-electron chi connectivity index (χ0n) is 12.5. The van der Waals surface area contributed by atoms with Crippen LogP contribution in [0, 0.1) is 0 Å². The fraction of sp³-hybridized carbons (Fsp3) is 0.176. The number of hydrogen-bond donors (Lipinski definition) is 1. The van der Waals surface area contributed by atoms with Crippen LogP contribution >= 0.6 is 0 Å². The highest BCUT2D eigenvalue weighted by Gasteiger charge is 2.21. The molecule has 1 aromatic heterocycles. The van der Waals surface area contributed by atoms with Gasteiger partial charge in [-0.05, 0) is 21.6 Å². The number of tetrazole rings is 1. The van der Waals surface area contributed by atoms with Crippen molar-refractivity contribution < 1.29 is 4.79 Å². The van der Waals surface area contributed by atoms with Gasteiger partial charge in [0.15, 0.2) is 0 Å². The number of benzene rings is 2. The Morgan fingerprint density at radius 1 is 1.00 bits per heavy atom. The van der Waals surface area contributed by atoms with Crippen molar-refractivity contribution in [2.75, 3.05) is 0 Å². The third-order valence-corrected chi connectivity index (χ3v) is 3.57. The number of nitrogens with zero attached hydrogens (tertiary/aromatic N) is 4. The van der Waals surface area contributed by atoms with Crippen LogP contribution in [0.3, 0.4) is 0 Å². The van der Waals surface area contributed by atoms with Gasteiger partial charge in [0, 0.05) is 13.0 Å². The highest BCUT2D eigenvalue weighted by molar-refractivity contribution is 5.80. The molecular formula is C17H17N5O. The zero-order chi connectivity index (χ0) is 15.9. The van der Waals surface area contributed by atoms with Crippen LogP contribution in [0.4, 0.5) is 0 Å². The van der Waals surface area contributed by atoms with E-state index in [0.717, 1.165) is 11.1 Å². The van der Waals surface area contributed by atoms with Gasteiger partial charge in [-0.3, -0.25) is 4.79 Å². The van der Waals surface area contributed by atoms with Gasteiger partial charge in [-0.1, -0.05) is 60.7 Å². The first-order valence-corrected chi connectivity index (χ1v) is 7.41. The fourth-order valence-corrected chi connectivity index (χ4v) is 2.36. The average molecular weight is 307 g/mol. The topological polar surface area (TPSA) is 72.7 Å². The molecule has 0 fully saturated rings. The molecule has 6 heteroatoms. The molecule has 1 amide bonds. The lowest BCUT2D eigenvalue weighted by atomic mass is 10.1. The molecule has 3 rings (SSSR count). The lowest BCUT2D eigenvalue weighted by molar-refractivity contribution is -0.124. The summed E-state index contributed by atoms with van der Waals surface area (Å²) in [6.07, 6.45) is 2.00. The van der Waals surface area contributed by atoms with Crippen molar-refractivity contribution in [2.45, 2.75) is 19.0 Å². The molecule has 0 aliphatic rings. The maximum absolute atomic E-state index is 12.6. The molecule has 116 valence electrons. The van der Waals surface area contributed by atoms with Gasteiger partial charge in [0.2, 0.25) is 5.91 Å². The summed E-state index contributed by atoms with van der Waals surface area (Å²) in [7, 11) is 0. The molecule has 1 heterocycles. The van der Waals surface area contributed by atoms with Gasteiger partial charge in [-0.15, -0.1) is 5.10 Å². The third kappa shape index (κ3) is 4.00. The van der Waals surface area contributed by atoms with E-state index in [9.17, 15) is 4.79 Å². The molecule has 0 aliphatic heterocycles. The van der Waals surface area contributed by atoms with Crippen molar-refractivity contribution in [3.8, 4) is 0 Å². The highest BCUT2D eigenvalue weighted by atomic mass is 16.2. The summed E-state index contributed by atoms with van der Waals surface area (Å²) in [6, 6.07) is 19.2. The minimum atomic E-state index is -0.476. The number of nitrogens with one attached hydrogen (secondary N) is 1. The number of aromatic nitrogens is 4. The smallest absolute Gasteiger partial charge is 0.245 e. The van der Waals surface area contributed by atoms with Crippen LogP contribution in [0.15, 0.2) is 67.0 Å². The van der Waals surface area contributed by atoms with E-state index in [1.165, 1.54) is 11.0 Å². The number of carbonyl (C=O) groups excluding carboxylic acids is 1. The number of hydrogen-bond acceptors (Lipinski definition) is 4. The van der Waals surface area contributed by atoms with Crippen molar-refractivity contribution in [1.29, 1.82) is 0 Å². The third-order valence-electron chi connectivity index (χ3n) is 3.57. The second kappa shape index (κ2) is 7.31. The second-order valence-corrected chi connectivity index (χ2v) is 5.20. The van der Waals surface area contributed by atoms with Crippen LogP contribution in [-0.4, -0.2) is 26.1 Å². The molecule has 0 spiro atoms. The minimum Gasteiger partial charge on any atom is -0.350 e. The maximum atomic E-state index is 12.6. The molecule has 1 unspecified atom stereocenters. The fourth-order valence-electron chi connectivity index (χ4n) is 2.36. The summed E-state index contributed by atoms with van der Waals surface area (Å²) in [6.45, 7) is 0.479. The quantitative estimate of drug-likeness (QED) is 0.753. The Balaban J connectivity index is 1.71. The Labute approximate surface area is 134 Å². The monoisotopic (exact) mass is 307 g/mol. The van der Waals surface area contributed by atoms with Gasteiger partial charge < -0.3 is 5.32 Å². The lowest BCUT2D eigenvalue weighted by Crippen LogP contribution is -2.34. The number of carbonyl (C=O) groups is 1. The predicted molar refractivity (Wildman–Crippen MR) is 85.3 cm³/mol. The SMILES string of the molecule is O=C(NCc1ccccc1)C(Cc1ccccc1)n1cnnn1. The number of amides is 1. The zero-order valence-corrected chi connectivity index (χ0v) is 12.5. The van der Waals surface area contributed by atoms with E-state index in [2.05, 4.69) is 20.8 Å². The molecule has 0 radical (unpaired) electrons. The molecular weight excluding hydrogens is 290 g/mol. The molecule has 0 saturated carbocycles. The van der Waals surface area contributed by atoms with Gasteiger partial charge >= 0.3 is 0 Å². The maximum Gasteiger partial charge on any atom is 0.245 e. The molecule has 23 heavy (non-hydrogen) atoms. The van der Waals surface area contributed by atoms with Crippen molar-refractivity contribution in [1.82, 2.24) is 25.5 Å². The largest absolute Gasteiger partial charge is 0.350 e. The summed E-state index contributed by atoms with van der Waals surface area (Å²) in [5.74, 6) is -0.106. The molecule has 1 atom stereocenters. The molecule has 3 aromatic rings. The summed E-state index contributed by atoms with van der Waals surface area (Å²) in [5, 5.41) is 14.1.